The van der Waals surface area contributed by atoms with Crippen LogP contribution in [0.1, 0.15) is 0 Å². The average molecular weight is 176 g/mol. The first-order valence-electron chi connectivity index (χ1n) is 1.44. The van der Waals surface area contributed by atoms with Gasteiger partial charge in [0.2, 0.25) is 0 Å². The monoisotopic (exact) mass is 176 g/mol. The quantitative estimate of drug-likeness (QED) is 0.281. The van der Waals surface area contributed by atoms with E-state index < -0.39 is 15.3 Å². The summed E-state index contributed by atoms with van der Waals surface area (Å²) < 4.78 is 28.4. The second-order valence-corrected chi connectivity index (χ2v) is 1.68. The van der Waals surface area contributed by atoms with Crippen LogP contribution >= 0.6 is 7.82 Å². The average Bonchev–Trinajstić information content (AvgIpc) is 1.19. The van der Waals surface area contributed by atoms with Gasteiger partial charge in [-0.25, -0.2) is 0 Å². The summed E-state index contributed by atoms with van der Waals surface area (Å²) in [6.07, 6.45) is 0. The molecule has 11 heavy (non-hydrogen) atoms. The summed E-state index contributed by atoms with van der Waals surface area (Å²) in [5.74, 6) is 0. The van der Waals surface area contributed by atoms with E-state index in [1.807, 2.05) is 0 Å². The molecule has 0 aromatic heterocycles. The molecule has 0 bridgehead atoms. The van der Waals surface area contributed by atoms with E-state index in [-0.39, 0.29) is 37.7 Å². The summed E-state index contributed by atoms with van der Waals surface area (Å²) in [6.45, 7) is 0. The summed E-state index contributed by atoms with van der Waals surface area (Å²) in [5, 5.41) is 6.72. The van der Waals surface area contributed by atoms with Crippen molar-refractivity contribution in [2.24, 2.45) is 0 Å². The molecule has 0 aliphatic heterocycles. The van der Waals surface area contributed by atoms with Gasteiger partial charge in [0.05, 0.1) is 7.82 Å². The molecule has 0 rings (SSSR count). The molecule has 0 unspecified atom stereocenters. The van der Waals surface area contributed by atoms with Crippen molar-refractivity contribution in [2.75, 3.05) is 0 Å². The van der Waals surface area contributed by atoms with Crippen LogP contribution in [0, 0.1) is 0 Å². The van der Waals surface area contributed by atoms with Crippen LogP contribution in [0.15, 0.2) is 0 Å². The summed E-state index contributed by atoms with van der Waals surface area (Å²) in [6, 6.07) is 0. The Bertz CT molecular complexity index is 93.6. The predicted octanol–water partition coefficient (Wildman–Crippen LogP) is -8.28. The van der Waals surface area contributed by atoms with Gasteiger partial charge in [-0.1, -0.05) is 0 Å². The fraction of sp³-hybridized carbons (Fsp3) is 0. The Morgan fingerprint density at radius 2 is 1.27 bits per heavy atom. The molecule has 0 spiro atoms. The van der Waals surface area contributed by atoms with Crippen molar-refractivity contribution in [3.63, 3.8) is 0 Å². The first-order valence-corrected chi connectivity index (χ1v) is 2.94. The summed E-state index contributed by atoms with van der Waals surface area (Å²) in [7, 11) is -8.31. The second-order valence-electron chi connectivity index (χ2n) is 0.746. The van der Waals surface area contributed by atoms with E-state index in [1.54, 1.807) is 0 Å². The van der Waals surface area contributed by atoms with Gasteiger partial charge in [0.1, 0.15) is 0 Å². The minimum absolute atomic E-state index is 0. The zero-order chi connectivity index (χ0) is 8.08. The topological polar surface area (TPSA) is 104 Å². The van der Waals surface area contributed by atoms with Crippen LogP contribution < -0.4 is 47.5 Å². The zero-order valence-electron chi connectivity index (χ0n) is 5.90. The standard InChI is InChI=1S/BF2HO.2Li.H3O4P/c2-1(3)4;;;1-5(2,3)4/h4H;;;(H3,1,2,3,4)/q;2*+1;/p-2. The molecule has 0 radical (unpaired) electrons. The Morgan fingerprint density at radius 1 is 1.27 bits per heavy atom. The van der Waals surface area contributed by atoms with Crippen molar-refractivity contribution in [1.29, 1.82) is 0 Å². The zero-order valence-corrected chi connectivity index (χ0v) is 6.79. The fourth-order valence-electron chi connectivity index (χ4n) is 0. The summed E-state index contributed by atoms with van der Waals surface area (Å²) in [4.78, 5) is 24.3. The molecule has 0 aliphatic carbocycles. The Hall–Kier alpha value is 1.19. The Balaban J connectivity index is -0.0000000383. The third-order valence-corrected chi connectivity index (χ3v) is 0. The minimum Gasteiger partial charge on any atom is -0.790 e. The second kappa shape index (κ2) is 11.2. The van der Waals surface area contributed by atoms with Gasteiger partial charge >= 0.3 is 45.2 Å². The number of hydrogen-bond acceptors (Lipinski definition) is 4. The first-order chi connectivity index (χ1) is 3.73. The van der Waals surface area contributed by atoms with Gasteiger partial charge in [0.25, 0.3) is 0 Å². The molecule has 0 aromatic carbocycles. The molecule has 0 atom stereocenters. The molecule has 56 valence electrons. The van der Waals surface area contributed by atoms with E-state index in [0.29, 0.717) is 0 Å². The van der Waals surface area contributed by atoms with Crippen LogP contribution in [0.2, 0.25) is 0 Å². The van der Waals surface area contributed by atoms with Gasteiger partial charge in [-0.2, -0.15) is 0 Å². The van der Waals surface area contributed by atoms with Crippen molar-refractivity contribution >= 4 is 15.3 Å². The van der Waals surface area contributed by atoms with Crippen LogP contribution in [-0.4, -0.2) is 17.4 Å². The Morgan fingerprint density at radius 3 is 1.27 bits per heavy atom. The third-order valence-electron chi connectivity index (χ3n) is 0. The normalized spacial score (nSPS) is 7.82. The van der Waals surface area contributed by atoms with Crippen molar-refractivity contribution < 1.29 is 70.6 Å². The van der Waals surface area contributed by atoms with E-state index in [0.717, 1.165) is 0 Å². The smallest absolute Gasteiger partial charge is 0.790 e. The molecule has 0 aliphatic rings. The molecular weight excluding hydrogens is 174 g/mol. The molecule has 5 nitrogen and oxygen atoms in total. The van der Waals surface area contributed by atoms with Gasteiger partial charge in [-0.05, 0) is 0 Å². The molecular formula is H2BF2Li2O5P. The molecule has 0 fully saturated rings. The SMILES string of the molecule is O=P([O-])([O-])O.OB(F)F.[Li+].[Li+]. The maximum atomic E-state index is 9.89. The fourth-order valence-corrected chi connectivity index (χ4v) is 0. The molecule has 0 aromatic rings. The van der Waals surface area contributed by atoms with E-state index in [9.17, 15) is 8.63 Å². The first kappa shape index (κ1) is 22.8. The third kappa shape index (κ3) is 668. The van der Waals surface area contributed by atoms with Crippen LogP contribution in [0.25, 0.3) is 0 Å². The molecule has 0 saturated carbocycles. The van der Waals surface area contributed by atoms with E-state index in [2.05, 4.69) is 0 Å². The minimum atomic E-state index is -5.14. The molecule has 0 amide bonds. The van der Waals surface area contributed by atoms with Gasteiger partial charge < -0.3 is 24.3 Å². The van der Waals surface area contributed by atoms with E-state index >= 15 is 0 Å². The van der Waals surface area contributed by atoms with Gasteiger partial charge in [-0.3, -0.25) is 8.63 Å². The molecule has 2 N–H and O–H groups in total. The van der Waals surface area contributed by atoms with Gasteiger partial charge in [-0.15, -0.1) is 0 Å². The summed E-state index contributed by atoms with van der Waals surface area (Å²) >= 11 is 0. The van der Waals surface area contributed by atoms with Crippen LogP contribution in [0.4, 0.5) is 8.63 Å². The molecule has 11 heteroatoms. The number of halogens is 2. The van der Waals surface area contributed by atoms with Crippen LogP contribution in [0.5, 0.6) is 0 Å². The maximum absolute atomic E-state index is 9.89. The largest absolute Gasteiger partial charge is 1.00 e. The molecule has 0 heterocycles. The maximum Gasteiger partial charge on any atom is 1.00 e. The van der Waals surface area contributed by atoms with Crippen LogP contribution in [-0.2, 0) is 4.57 Å². The van der Waals surface area contributed by atoms with Crippen molar-refractivity contribution in [1.82, 2.24) is 0 Å². The number of hydrogen-bond donors (Lipinski definition) is 2. The van der Waals surface area contributed by atoms with Crippen molar-refractivity contribution in [3.05, 3.63) is 0 Å². The van der Waals surface area contributed by atoms with E-state index in [1.165, 1.54) is 0 Å². The van der Waals surface area contributed by atoms with E-state index in [4.69, 9.17) is 24.3 Å². The summed E-state index contributed by atoms with van der Waals surface area (Å²) in [5.41, 5.74) is 0. The molecule has 0 saturated heterocycles. The number of phosphoric acid groups is 1. The Kier molecular flexibility index (Phi) is 23.1. The van der Waals surface area contributed by atoms with Crippen molar-refractivity contribution in [3.8, 4) is 0 Å². The van der Waals surface area contributed by atoms with Crippen LogP contribution in [0.3, 0.4) is 0 Å². The Labute approximate surface area is 86.0 Å². The van der Waals surface area contributed by atoms with Gasteiger partial charge in [0, 0.05) is 0 Å². The van der Waals surface area contributed by atoms with Crippen molar-refractivity contribution in [2.45, 2.75) is 0 Å². The predicted molar refractivity (Wildman–Crippen MR) is 20.0 cm³/mol. The number of rotatable bonds is 0. The van der Waals surface area contributed by atoms with Gasteiger partial charge in [0.15, 0.2) is 0 Å².